The molecule has 1 N–H and O–H groups in total. The Balaban J connectivity index is 1.63. The summed E-state index contributed by atoms with van der Waals surface area (Å²) < 4.78 is 0. The van der Waals surface area contributed by atoms with E-state index in [2.05, 4.69) is 26.1 Å². The van der Waals surface area contributed by atoms with Gasteiger partial charge in [-0.25, -0.2) is 0 Å². The zero-order chi connectivity index (χ0) is 21.4. The van der Waals surface area contributed by atoms with Gasteiger partial charge in [0.05, 0.1) is 0 Å². The van der Waals surface area contributed by atoms with Crippen molar-refractivity contribution in [3.63, 3.8) is 0 Å². The minimum atomic E-state index is -0.264. The lowest BCUT2D eigenvalue weighted by atomic mass is 9.65. The molecule has 2 atom stereocenters. The summed E-state index contributed by atoms with van der Waals surface area (Å²) in [6.45, 7) is 7.62. The Labute approximate surface area is 179 Å². The molecule has 1 aliphatic carbocycles. The Morgan fingerprint density at radius 1 is 0.967 bits per heavy atom. The average Bonchev–Trinajstić information content (AvgIpc) is 2.97. The minimum absolute atomic E-state index is 0.0884. The zero-order valence-corrected chi connectivity index (χ0v) is 18.0. The van der Waals surface area contributed by atoms with E-state index in [-0.39, 0.29) is 28.7 Å². The molecule has 0 radical (unpaired) electrons. The summed E-state index contributed by atoms with van der Waals surface area (Å²) >= 11 is 0. The van der Waals surface area contributed by atoms with Gasteiger partial charge in [0.25, 0.3) is 11.8 Å². The van der Waals surface area contributed by atoms with Crippen LogP contribution >= 0.6 is 0 Å². The van der Waals surface area contributed by atoms with E-state index in [1.807, 2.05) is 53.4 Å². The Kier molecular flexibility index (Phi) is 5.27. The Hall–Kier alpha value is -2.88. The van der Waals surface area contributed by atoms with Crippen LogP contribution in [0.15, 0.2) is 66.4 Å². The first-order valence-electron chi connectivity index (χ1n) is 10.7. The molecule has 1 heterocycles. The topological polar surface area (TPSA) is 49.4 Å². The smallest absolute Gasteiger partial charge is 0.270 e. The summed E-state index contributed by atoms with van der Waals surface area (Å²) in [6.07, 6.45) is 4.94. The van der Waals surface area contributed by atoms with Crippen molar-refractivity contribution in [1.29, 1.82) is 0 Å². The predicted octanol–water partition coefficient (Wildman–Crippen LogP) is 4.88. The standard InChI is InChI=1S/C26H30N2O2/c1-25(2)15-21-16-26(3,17-25)18-28(21)24(30)22(14-19-10-6-4-7-11-19)27-23(29)20-12-8-5-9-13-20/h4-14,21H,15-18H2,1-3H3,(H,27,29)/b22-14+/t21-,26+/m0/s1. The molecule has 30 heavy (non-hydrogen) atoms. The number of hydrogen-bond donors (Lipinski definition) is 1. The van der Waals surface area contributed by atoms with Crippen molar-refractivity contribution in [2.24, 2.45) is 10.8 Å². The number of benzene rings is 2. The fourth-order valence-electron chi connectivity index (χ4n) is 5.50. The number of carbonyl (C=O) groups excluding carboxylic acids is 2. The maximum Gasteiger partial charge on any atom is 0.270 e. The average molecular weight is 403 g/mol. The van der Waals surface area contributed by atoms with Gasteiger partial charge in [0.15, 0.2) is 0 Å². The molecule has 2 bridgehead atoms. The molecular formula is C26H30N2O2. The largest absolute Gasteiger partial charge is 0.334 e. The first kappa shape index (κ1) is 20.4. The number of carbonyl (C=O) groups is 2. The highest BCUT2D eigenvalue weighted by molar-refractivity contribution is 6.05. The highest BCUT2D eigenvalue weighted by Crippen LogP contribution is 2.52. The third kappa shape index (κ3) is 4.33. The monoisotopic (exact) mass is 402 g/mol. The minimum Gasteiger partial charge on any atom is -0.334 e. The van der Waals surface area contributed by atoms with Crippen LogP contribution in [0.5, 0.6) is 0 Å². The van der Waals surface area contributed by atoms with Gasteiger partial charge in [-0.15, -0.1) is 0 Å². The van der Waals surface area contributed by atoms with Crippen molar-refractivity contribution in [2.45, 2.75) is 46.1 Å². The van der Waals surface area contributed by atoms with Crippen molar-refractivity contribution >= 4 is 17.9 Å². The molecule has 2 aromatic carbocycles. The predicted molar refractivity (Wildman–Crippen MR) is 120 cm³/mol. The van der Waals surface area contributed by atoms with Crippen LogP contribution in [-0.4, -0.2) is 29.3 Å². The number of rotatable bonds is 4. The van der Waals surface area contributed by atoms with Crippen LogP contribution in [-0.2, 0) is 4.79 Å². The fraction of sp³-hybridized carbons (Fsp3) is 0.385. The molecule has 156 valence electrons. The van der Waals surface area contributed by atoms with E-state index >= 15 is 0 Å². The van der Waals surface area contributed by atoms with Gasteiger partial charge in [-0.2, -0.15) is 0 Å². The first-order chi connectivity index (χ1) is 14.2. The van der Waals surface area contributed by atoms with Gasteiger partial charge in [-0.1, -0.05) is 69.3 Å². The van der Waals surface area contributed by atoms with E-state index < -0.39 is 0 Å². The molecule has 0 aromatic heterocycles. The van der Waals surface area contributed by atoms with Gasteiger partial charge < -0.3 is 10.2 Å². The fourth-order valence-corrected chi connectivity index (χ4v) is 5.50. The van der Waals surface area contributed by atoms with Crippen LogP contribution in [0.3, 0.4) is 0 Å². The van der Waals surface area contributed by atoms with Crippen LogP contribution in [0.1, 0.15) is 56.0 Å². The van der Waals surface area contributed by atoms with Crippen molar-refractivity contribution in [3.8, 4) is 0 Å². The summed E-state index contributed by atoms with van der Waals surface area (Å²) in [5, 5.41) is 2.90. The lowest BCUT2D eigenvalue weighted by Gasteiger charge is -2.39. The lowest BCUT2D eigenvalue weighted by molar-refractivity contribution is -0.128. The molecule has 1 saturated carbocycles. The molecule has 4 nitrogen and oxygen atoms in total. The number of likely N-dealkylation sites (tertiary alicyclic amines) is 1. The maximum atomic E-state index is 13.7. The van der Waals surface area contributed by atoms with Gasteiger partial charge >= 0.3 is 0 Å². The van der Waals surface area contributed by atoms with E-state index in [1.54, 1.807) is 18.2 Å². The highest BCUT2D eigenvalue weighted by Gasteiger charge is 2.51. The van der Waals surface area contributed by atoms with Crippen LogP contribution in [0, 0.1) is 10.8 Å². The number of nitrogens with zero attached hydrogens (tertiary/aromatic N) is 1. The second-order valence-corrected chi connectivity index (χ2v) is 9.94. The Bertz CT molecular complexity index is 965. The molecule has 4 rings (SSSR count). The van der Waals surface area contributed by atoms with Crippen LogP contribution in [0.4, 0.5) is 0 Å². The first-order valence-corrected chi connectivity index (χ1v) is 10.7. The normalized spacial score (nSPS) is 25.1. The van der Waals surface area contributed by atoms with E-state index in [0.717, 1.165) is 31.4 Å². The zero-order valence-electron chi connectivity index (χ0n) is 18.0. The highest BCUT2D eigenvalue weighted by atomic mass is 16.2. The molecule has 2 fully saturated rings. The SMILES string of the molecule is CC1(C)C[C@H]2C[C@@](C)(CN2C(=O)/C(=C\c2ccccc2)NC(=O)c2ccccc2)C1. The molecule has 2 amide bonds. The third-order valence-electron chi connectivity index (χ3n) is 6.30. The van der Waals surface area contributed by atoms with Crippen molar-refractivity contribution < 1.29 is 9.59 Å². The van der Waals surface area contributed by atoms with Crippen LogP contribution in [0.25, 0.3) is 6.08 Å². The second-order valence-electron chi connectivity index (χ2n) is 9.94. The maximum absolute atomic E-state index is 13.7. The number of hydrogen-bond acceptors (Lipinski definition) is 2. The van der Waals surface area contributed by atoms with Crippen molar-refractivity contribution in [2.75, 3.05) is 6.54 Å². The van der Waals surface area contributed by atoms with Gasteiger partial charge in [0.1, 0.15) is 5.70 Å². The molecular weight excluding hydrogens is 372 g/mol. The van der Waals surface area contributed by atoms with Crippen LogP contribution < -0.4 is 5.32 Å². The summed E-state index contributed by atoms with van der Waals surface area (Å²) in [6, 6.07) is 18.9. The van der Waals surface area contributed by atoms with E-state index in [4.69, 9.17) is 0 Å². The quantitative estimate of drug-likeness (QED) is 0.741. The molecule has 1 saturated heterocycles. The van der Waals surface area contributed by atoms with Gasteiger partial charge in [0.2, 0.25) is 0 Å². The summed E-state index contributed by atoms with van der Waals surface area (Å²) in [5.41, 5.74) is 2.14. The van der Waals surface area contributed by atoms with Gasteiger partial charge in [-0.3, -0.25) is 9.59 Å². The van der Waals surface area contributed by atoms with E-state index in [9.17, 15) is 9.59 Å². The van der Waals surface area contributed by atoms with Gasteiger partial charge in [0, 0.05) is 18.2 Å². The molecule has 1 aliphatic heterocycles. The molecule has 2 aromatic rings. The summed E-state index contributed by atoms with van der Waals surface area (Å²) in [7, 11) is 0. The van der Waals surface area contributed by atoms with Crippen LogP contribution in [0.2, 0.25) is 0 Å². The van der Waals surface area contributed by atoms with Crippen molar-refractivity contribution in [3.05, 3.63) is 77.5 Å². The molecule has 0 spiro atoms. The number of amides is 2. The van der Waals surface area contributed by atoms with Crippen molar-refractivity contribution in [1.82, 2.24) is 10.2 Å². The van der Waals surface area contributed by atoms with E-state index in [1.165, 1.54) is 0 Å². The molecule has 0 unspecified atom stereocenters. The second kappa shape index (κ2) is 7.75. The molecule has 2 aliphatic rings. The third-order valence-corrected chi connectivity index (χ3v) is 6.30. The lowest BCUT2D eigenvalue weighted by Crippen LogP contribution is -2.42. The number of nitrogens with one attached hydrogen (secondary N) is 1. The van der Waals surface area contributed by atoms with E-state index in [0.29, 0.717) is 11.3 Å². The number of fused-ring (bicyclic) bond motifs is 2. The summed E-state index contributed by atoms with van der Waals surface area (Å²) in [4.78, 5) is 28.5. The summed E-state index contributed by atoms with van der Waals surface area (Å²) in [5.74, 6) is -0.352. The molecule has 4 heteroatoms. The Morgan fingerprint density at radius 2 is 1.60 bits per heavy atom. The Morgan fingerprint density at radius 3 is 2.27 bits per heavy atom. The van der Waals surface area contributed by atoms with Gasteiger partial charge in [-0.05, 0) is 53.9 Å².